The highest BCUT2D eigenvalue weighted by atomic mass is 35.5. The standard InChI is InChI=1S/C15H23ClN2O/c1-4-15(5-2,19-3)14-17-12(10-13(16)18-14)11-8-6-7-9-11/h10-11H,4-9H2,1-3H3. The number of hydrogen-bond donors (Lipinski definition) is 0. The van der Waals surface area contributed by atoms with E-state index in [4.69, 9.17) is 21.3 Å². The Morgan fingerprint density at radius 2 is 1.89 bits per heavy atom. The second kappa shape index (κ2) is 6.19. The fraction of sp³-hybridized carbons (Fsp3) is 0.733. The second-order valence-corrected chi connectivity index (χ2v) is 5.71. The topological polar surface area (TPSA) is 35.0 Å². The lowest BCUT2D eigenvalue weighted by molar-refractivity contribution is -0.0293. The van der Waals surface area contributed by atoms with Crippen molar-refractivity contribution in [1.29, 1.82) is 0 Å². The van der Waals surface area contributed by atoms with Gasteiger partial charge in [-0.05, 0) is 31.7 Å². The normalized spacial score (nSPS) is 17.1. The fourth-order valence-corrected chi connectivity index (χ4v) is 3.21. The summed E-state index contributed by atoms with van der Waals surface area (Å²) in [5.41, 5.74) is 0.689. The van der Waals surface area contributed by atoms with Crippen molar-refractivity contribution >= 4 is 11.6 Å². The van der Waals surface area contributed by atoms with E-state index in [1.165, 1.54) is 25.7 Å². The van der Waals surface area contributed by atoms with Crippen LogP contribution in [0.2, 0.25) is 5.15 Å². The lowest BCUT2D eigenvalue weighted by atomic mass is 9.95. The quantitative estimate of drug-likeness (QED) is 0.749. The van der Waals surface area contributed by atoms with Crippen molar-refractivity contribution in [3.8, 4) is 0 Å². The van der Waals surface area contributed by atoms with E-state index in [-0.39, 0.29) is 0 Å². The molecule has 3 nitrogen and oxygen atoms in total. The molecule has 0 radical (unpaired) electrons. The van der Waals surface area contributed by atoms with Crippen LogP contribution in [0, 0.1) is 0 Å². The van der Waals surface area contributed by atoms with Gasteiger partial charge in [0.25, 0.3) is 0 Å². The first-order valence-corrected chi connectivity index (χ1v) is 7.63. The Labute approximate surface area is 120 Å². The first-order valence-electron chi connectivity index (χ1n) is 7.25. The van der Waals surface area contributed by atoms with E-state index in [9.17, 15) is 0 Å². The smallest absolute Gasteiger partial charge is 0.162 e. The predicted octanol–water partition coefficient (Wildman–Crippen LogP) is 4.45. The van der Waals surface area contributed by atoms with Crippen LogP contribution in [0.1, 0.15) is 69.8 Å². The van der Waals surface area contributed by atoms with Gasteiger partial charge in [0.05, 0.1) is 0 Å². The van der Waals surface area contributed by atoms with Gasteiger partial charge in [-0.2, -0.15) is 0 Å². The number of rotatable bonds is 5. The van der Waals surface area contributed by atoms with E-state index in [1.807, 2.05) is 6.07 Å². The molecule has 4 heteroatoms. The van der Waals surface area contributed by atoms with E-state index in [2.05, 4.69) is 18.8 Å². The first kappa shape index (κ1) is 14.7. The van der Waals surface area contributed by atoms with Gasteiger partial charge >= 0.3 is 0 Å². The molecular formula is C15H23ClN2O. The number of nitrogens with zero attached hydrogens (tertiary/aromatic N) is 2. The fourth-order valence-electron chi connectivity index (χ4n) is 3.02. The van der Waals surface area contributed by atoms with Gasteiger partial charge < -0.3 is 4.74 Å². The van der Waals surface area contributed by atoms with Crippen LogP contribution >= 0.6 is 11.6 Å². The van der Waals surface area contributed by atoms with Crippen molar-refractivity contribution in [2.45, 2.75) is 63.9 Å². The van der Waals surface area contributed by atoms with Crippen molar-refractivity contribution in [2.24, 2.45) is 0 Å². The van der Waals surface area contributed by atoms with Crippen LogP contribution in [0.5, 0.6) is 0 Å². The number of hydrogen-bond acceptors (Lipinski definition) is 3. The molecule has 0 atom stereocenters. The molecule has 0 unspecified atom stereocenters. The summed E-state index contributed by atoms with van der Waals surface area (Å²) >= 11 is 6.20. The summed E-state index contributed by atoms with van der Waals surface area (Å²) in [4.78, 5) is 9.20. The SMILES string of the molecule is CCC(CC)(OC)c1nc(Cl)cc(C2CCCC2)n1. The zero-order chi connectivity index (χ0) is 13.9. The minimum Gasteiger partial charge on any atom is -0.370 e. The van der Waals surface area contributed by atoms with Gasteiger partial charge in [0.1, 0.15) is 10.8 Å². The van der Waals surface area contributed by atoms with Gasteiger partial charge in [0, 0.05) is 18.7 Å². The zero-order valence-electron chi connectivity index (χ0n) is 12.1. The maximum absolute atomic E-state index is 6.20. The van der Waals surface area contributed by atoms with Crippen molar-refractivity contribution in [2.75, 3.05) is 7.11 Å². The van der Waals surface area contributed by atoms with Crippen LogP contribution in [-0.4, -0.2) is 17.1 Å². The molecule has 0 spiro atoms. The summed E-state index contributed by atoms with van der Waals surface area (Å²) < 4.78 is 5.71. The zero-order valence-corrected chi connectivity index (χ0v) is 12.8. The average molecular weight is 283 g/mol. The van der Waals surface area contributed by atoms with Gasteiger partial charge in [0.15, 0.2) is 5.82 Å². The first-order chi connectivity index (χ1) is 9.15. The summed E-state index contributed by atoms with van der Waals surface area (Å²) in [6, 6.07) is 1.92. The number of aromatic nitrogens is 2. The summed E-state index contributed by atoms with van der Waals surface area (Å²) in [7, 11) is 1.73. The second-order valence-electron chi connectivity index (χ2n) is 5.33. The molecule has 1 aliphatic rings. The highest BCUT2D eigenvalue weighted by molar-refractivity contribution is 6.29. The molecule has 1 saturated carbocycles. The Morgan fingerprint density at radius 1 is 1.26 bits per heavy atom. The van der Waals surface area contributed by atoms with Crippen molar-refractivity contribution in [3.05, 3.63) is 22.7 Å². The summed E-state index contributed by atoms with van der Waals surface area (Å²) in [6.45, 7) is 4.21. The van der Waals surface area contributed by atoms with E-state index < -0.39 is 5.60 Å². The molecule has 106 valence electrons. The van der Waals surface area contributed by atoms with E-state index in [1.54, 1.807) is 7.11 Å². The maximum atomic E-state index is 6.20. The summed E-state index contributed by atoms with van der Waals surface area (Å²) in [6.07, 6.45) is 6.71. The number of ether oxygens (including phenoxy) is 1. The Bertz CT molecular complexity index is 418. The maximum Gasteiger partial charge on any atom is 0.162 e. The molecule has 0 bridgehead atoms. The summed E-state index contributed by atoms with van der Waals surface area (Å²) in [5.74, 6) is 1.29. The van der Waals surface area contributed by atoms with E-state index in [0.29, 0.717) is 11.1 Å². The van der Waals surface area contributed by atoms with Crippen molar-refractivity contribution < 1.29 is 4.74 Å². The molecule has 0 aromatic carbocycles. The van der Waals surface area contributed by atoms with E-state index in [0.717, 1.165) is 24.4 Å². The lowest BCUT2D eigenvalue weighted by Crippen LogP contribution is -2.30. The number of methoxy groups -OCH3 is 1. The third kappa shape index (κ3) is 2.92. The van der Waals surface area contributed by atoms with Gasteiger partial charge in [0.2, 0.25) is 0 Å². The van der Waals surface area contributed by atoms with Crippen LogP contribution in [0.3, 0.4) is 0 Å². The average Bonchev–Trinajstić information content (AvgIpc) is 2.95. The monoisotopic (exact) mass is 282 g/mol. The van der Waals surface area contributed by atoms with Crippen LogP contribution in [0.15, 0.2) is 6.07 Å². The molecule has 0 aliphatic heterocycles. The Morgan fingerprint density at radius 3 is 2.42 bits per heavy atom. The molecular weight excluding hydrogens is 260 g/mol. The van der Waals surface area contributed by atoms with Gasteiger partial charge in [-0.1, -0.05) is 38.3 Å². The van der Waals surface area contributed by atoms with Crippen molar-refractivity contribution in [1.82, 2.24) is 9.97 Å². The highest BCUT2D eigenvalue weighted by Gasteiger charge is 2.33. The molecule has 1 aromatic heterocycles. The summed E-state index contributed by atoms with van der Waals surface area (Å²) in [5, 5.41) is 0.537. The minimum absolute atomic E-state index is 0.405. The molecule has 1 aliphatic carbocycles. The largest absolute Gasteiger partial charge is 0.370 e. The molecule has 1 aromatic rings. The van der Waals surface area contributed by atoms with Crippen LogP contribution < -0.4 is 0 Å². The van der Waals surface area contributed by atoms with Gasteiger partial charge in [-0.3, -0.25) is 0 Å². The third-order valence-electron chi connectivity index (χ3n) is 4.43. The molecule has 1 fully saturated rings. The minimum atomic E-state index is -0.405. The van der Waals surface area contributed by atoms with Crippen LogP contribution in [0.4, 0.5) is 0 Å². The van der Waals surface area contributed by atoms with Crippen LogP contribution in [0.25, 0.3) is 0 Å². The molecule has 1 heterocycles. The Kier molecular flexibility index (Phi) is 4.80. The molecule has 2 rings (SSSR count). The van der Waals surface area contributed by atoms with Crippen LogP contribution in [-0.2, 0) is 10.3 Å². The van der Waals surface area contributed by atoms with E-state index >= 15 is 0 Å². The molecule has 0 saturated heterocycles. The molecule has 19 heavy (non-hydrogen) atoms. The molecule has 0 amide bonds. The highest BCUT2D eigenvalue weighted by Crippen LogP contribution is 2.36. The Hall–Kier alpha value is -0.670. The van der Waals surface area contributed by atoms with Gasteiger partial charge in [-0.15, -0.1) is 0 Å². The number of halogens is 1. The third-order valence-corrected chi connectivity index (χ3v) is 4.62. The Balaban J connectivity index is 2.40. The lowest BCUT2D eigenvalue weighted by Gasteiger charge is -2.29. The van der Waals surface area contributed by atoms with Crippen molar-refractivity contribution in [3.63, 3.8) is 0 Å². The predicted molar refractivity (Wildman–Crippen MR) is 77.5 cm³/mol. The molecule has 0 N–H and O–H groups in total. The van der Waals surface area contributed by atoms with Gasteiger partial charge in [-0.25, -0.2) is 9.97 Å².